The predicted octanol–water partition coefficient (Wildman–Crippen LogP) is 2.66. The molecule has 0 fully saturated rings. The molecule has 0 saturated heterocycles. The quantitative estimate of drug-likeness (QED) is 0.113. The van der Waals surface area contributed by atoms with Crippen molar-refractivity contribution in [2.24, 2.45) is 4.99 Å². The zero-order valence-corrected chi connectivity index (χ0v) is 16.7. The van der Waals surface area contributed by atoms with Gasteiger partial charge in [-0.3, -0.25) is 19.8 Å². The zero-order chi connectivity index (χ0) is 17.1. The maximum absolute atomic E-state index is 10.6. The van der Waals surface area contributed by atoms with Crippen molar-refractivity contribution in [2.45, 2.75) is 32.2 Å². The summed E-state index contributed by atoms with van der Waals surface area (Å²) in [6.07, 6.45) is 9.14. The number of aliphatic imine (C=N–C) groups is 1. The molecule has 9 heteroatoms. The summed E-state index contributed by atoms with van der Waals surface area (Å²) >= 11 is 0. The van der Waals surface area contributed by atoms with Crippen LogP contribution in [0.25, 0.3) is 0 Å². The minimum atomic E-state index is -0.448. The van der Waals surface area contributed by atoms with E-state index in [1.807, 2.05) is 13.1 Å². The number of hydrogen-bond donors (Lipinski definition) is 1. The fourth-order valence-electron chi connectivity index (χ4n) is 2.16. The molecule has 1 rings (SSSR count). The first-order valence-corrected chi connectivity index (χ1v) is 7.78. The lowest BCUT2D eigenvalue weighted by Gasteiger charge is -2.22. The van der Waals surface area contributed by atoms with Crippen molar-refractivity contribution in [2.75, 3.05) is 27.2 Å². The Labute approximate surface area is 160 Å². The number of aromatic nitrogens is 2. The van der Waals surface area contributed by atoms with Crippen LogP contribution in [0.1, 0.15) is 25.7 Å². The molecule has 24 heavy (non-hydrogen) atoms. The molecule has 1 aromatic heterocycles. The van der Waals surface area contributed by atoms with Gasteiger partial charge in [0.1, 0.15) is 12.4 Å². The third-order valence-electron chi connectivity index (χ3n) is 3.43. The molecule has 136 valence electrons. The van der Waals surface area contributed by atoms with E-state index < -0.39 is 4.92 Å². The average Bonchev–Trinajstić information content (AvgIpc) is 3.00. The monoisotopic (exact) mass is 450 g/mol. The molecule has 0 aliphatic rings. The summed E-state index contributed by atoms with van der Waals surface area (Å²) in [5, 5.41) is 17.8. The van der Waals surface area contributed by atoms with Gasteiger partial charge in [0.2, 0.25) is 0 Å². The number of guanidine groups is 1. The Kier molecular flexibility index (Phi) is 11.9. The normalized spacial score (nSPS) is 10.8. The smallest absolute Gasteiger partial charge is 0.306 e. The van der Waals surface area contributed by atoms with Crippen molar-refractivity contribution in [3.63, 3.8) is 0 Å². The lowest BCUT2D eigenvalue weighted by atomic mass is 10.2. The zero-order valence-electron chi connectivity index (χ0n) is 14.3. The number of unbranched alkanes of at least 4 members (excludes halogenated alkanes) is 3. The van der Waals surface area contributed by atoms with E-state index in [9.17, 15) is 10.1 Å². The van der Waals surface area contributed by atoms with Gasteiger partial charge in [-0.1, -0.05) is 12.5 Å². The van der Waals surface area contributed by atoms with Crippen LogP contribution in [0, 0.1) is 10.1 Å². The van der Waals surface area contributed by atoms with Gasteiger partial charge in [0.05, 0.1) is 11.5 Å². The number of hydrogen-bond acceptors (Lipinski definition) is 4. The molecular formula is C15H27IN6O2. The number of nitro groups is 1. The molecule has 1 aromatic rings. The Balaban J connectivity index is 0.00000529. The lowest BCUT2D eigenvalue weighted by Crippen LogP contribution is -2.40. The van der Waals surface area contributed by atoms with Crippen LogP contribution in [0.4, 0.5) is 5.69 Å². The molecular weight excluding hydrogens is 423 g/mol. The molecule has 1 N–H and O–H groups in total. The first-order valence-electron chi connectivity index (χ1n) is 7.78. The second kappa shape index (κ2) is 12.7. The standard InChI is InChI=1S/C15H26N6O2.HI/c1-4-5-6-7-8-10-19(3)15(16-2)17-9-11-20-13-14(12-18-20)21(22)23;/h4,12-13H,1,5-11H2,2-3H3,(H,16,17);1H. The van der Waals surface area contributed by atoms with E-state index in [0.717, 1.165) is 25.3 Å². The molecule has 1 heterocycles. The first kappa shape index (κ1) is 22.4. The summed E-state index contributed by atoms with van der Waals surface area (Å²) in [5.41, 5.74) is 0.00558. The van der Waals surface area contributed by atoms with Crippen LogP contribution in [-0.2, 0) is 6.54 Å². The third kappa shape index (κ3) is 8.27. The van der Waals surface area contributed by atoms with Gasteiger partial charge in [0.15, 0.2) is 5.96 Å². The van der Waals surface area contributed by atoms with Gasteiger partial charge in [0.25, 0.3) is 0 Å². The number of halogens is 1. The highest BCUT2D eigenvalue weighted by Crippen LogP contribution is 2.07. The van der Waals surface area contributed by atoms with E-state index in [1.54, 1.807) is 11.7 Å². The van der Waals surface area contributed by atoms with Gasteiger partial charge >= 0.3 is 5.69 Å². The summed E-state index contributed by atoms with van der Waals surface area (Å²) < 4.78 is 1.55. The maximum Gasteiger partial charge on any atom is 0.306 e. The van der Waals surface area contributed by atoms with Crippen LogP contribution in [0.2, 0.25) is 0 Å². The molecule has 8 nitrogen and oxygen atoms in total. The molecule has 0 aliphatic carbocycles. The Morgan fingerprint density at radius 3 is 2.88 bits per heavy atom. The minimum Gasteiger partial charge on any atom is -0.354 e. The van der Waals surface area contributed by atoms with Crippen molar-refractivity contribution in [3.05, 3.63) is 35.2 Å². The lowest BCUT2D eigenvalue weighted by molar-refractivity contribution is -0.385. The molecule has 0 aromatic carbocycles. The van der Waals surface area contributed by atoms with E-state index in [-0.39, 0.29) is 29.7 Å². The molecule has 0 atom stereocenters. The van der Waals surface area contributed by atoms with Crippen LogP contribution in [-0.4, -0.2) is 52.7 Å². The Bertz CT molecular complexity index is 532. The SMILES string of the molecule is C=CCCCCCN(C)C(=NC)NCCn1cc([N+](=O)[O-])cn1.I. The second-order valence-corrected chi connectivity index (χ2v) is 5.25. The molecule has 0 amide bonds. The molecule has 0 radical (unpaired) electrons. The largest absolute Gasteiger partial charge is 0.354 e. The van der Waals surface area contributed by atoms with Gasteiger partial charge in [-0.2, -0.15) is 5.10 Å². The van der Waals surface area contributed by atoms with Crippen molar-refractivity contribution in [1.29, 1.82) is 0 Å². The fourth-order valence-corrected chi connectivity index (χ4v) is 2.16. The van der Waals surface area contributed by atoms with E-state index >= 15 is 0 Å². The van der Waals surface area contributed by atoms with Gasteiger partial charge in [-0.15, -0.1) is 30.6 Å². The first-order chi connectivity index (χ1) is 11.1. The van der Waals surface area contributed by atoms with Crippen molar-refractivity contribution in [3.8, 4) is 0 Å². The van der Waals surface area contributed by atoms with Crippen LogP contribution in [0.3, 0.4) is 0 Å². The Hall–Kier alpha value is -1.65. The van der Waals surface area contributed by atoms with Gasteiger partial charge < -0.3 is 10.2 Å². The number of nitrogens with one attached hydrogen (secondary N) is 1. The minimum absolute atomic E-state index is 0. The molecule has 0 saturated carbocycles. The summed E-state index contributed by atoms with van der Waals surface area (Å²) in [5.74, 6) is 0.815. The highest BCUT2D eigenvalue weighted by atomic mass is 127. The Morgan fingerprint density at radius 1 is 1.54 bits per heavy atom. The van der Waals surface area contributed by atoms with E-state index in [1.165, 1.54) is 25.2 Å². The summed E-state index contributed by atoms with van der Waals surface area (Å²) in [6, 6.07) is 0. The summed E-state index contributed by atoms with van der Waals surface area (Å²) in [6.45, 7) is 5.80. The third-order valence-corrected chi connectivity index (χ3v) is 3.43. The number of rotatable bonds is 10. The van der Waals surface area contributed by atoms with E-state index in [4.69, 9.17) is 0 Å². The molecule has 0 unspecified atom stereocenters. The number of nitrogens with zero attached hydrogens (tertiary/aromatic N) is 5. The van der Waals surface area contributed by atoms with Crippen LogP contribution in [0.5, 0.6) is 0 Å². The van der Waals surface area contributed by atoms with E-state index in [0.29, 0.717) is 13.1 Å². The Morgan fingerprint density at radius 2 is 2.29 bits per heavy atom. The van der Waals surface area contributed by atoms with Gasteiger partial charge in [-0.05, 0) is 19.3 Å². The fraction of sp³-hybridized carbons (Fsp3) is 0.600. The van der Waals surface area contributed by atoms with Crippen molar-refractivity contribution >= 4 is 35.6 Å². The van der Waals surface area contributed by atoms with Crippen LogP contribution >= 0.6 is 24.0 Å². The maximum atomic E-state index is 10.6. The van der Waals surface area contributed by atoms with Crippen molar-refractivity contribution < 1.29 is 4.92 Å². The molecule has 0 bridgehead atoms. The summed E-state index contributed by atoms with van der Waals surface area (Å²) in [4.78, 5) is 16.5. The second-order valence-electron chi connectivity index (χ2n) is 5.25. The van der Waals surface area contributed by atoms with Crippen LogP contribution < -0.4 is 5.32 Å². The summed E-state index contributed by atoms with van der Waals surface area (Å²) in [7, 11) is 3.75. The van der Waals surface area contributed by atoms with Gasteiger partial charge in [-0.25, -0.2) is 0 Å². The predicted molar refractivity (Wildman–Crippen MR) is 107 cm³/mol. The van der Waals surface area contributed by atoms with Crippen LogP contribution in [0.15, 0.2) is 30.0 Å². The highest BCUT2D eigenvalue weighted by molar-refractivity contribution is 14.0. The van der Waals surface area contributed by atoms with Gasteiger partial charge in [0, 0.05) is 27.2 Å². The number of allylic oxidation sites excluding steroid dienone is 1. The molecule has 0 aliphatic heterocycles. The highest BCUT2D eigenvalue weighted by Gasteiger charge is 2.09. The van der Waals surface area contributed by atoms with Crippen molar-refractivity contribution in [1.82, 2.24) is 20.0 Å². The van der Waals surface area contributed by atoms with E-state index in [2.05, 4.69) is 26.9 Å². The topological polar surface area (TPSA) is 88.6 Å². The average molecular weight is 450 g/mol. The molecule has 0 spiro atoms.